The number of hydrogen-bond acceptors (Lipinski definition) is 5. The number of nitrogens with one attached hydrogen (secondary N) is 1. The minimum Gasteiger partial charge on any atom is -0.491 e. The van der Waals surface area contributed by atoms with Gasteiger partial charge in [0.05, 0.1) is 6.10 Å². The van der Waals surface area contributed by atoms with Crippen LogP contribution < -0.4 is 10.1 Å². The lowest BCUT2D eigenvalue weighted by Crippen LogP contribution is -2.10. The van der Waals surface area contributed by atoms with Crippen molar-refractivity contribution in [2.24, 2.45) is 0 Å². The van der Waals surface area contributed by atoms with E-state index in [1.807, 2.05) is 38.1 Å². The lowest BCUT2D eigenvalue weighted by atomic mass is 10.0. The molecule has 2 heterocycles. The van der Waals surface area contributed by atoms with Crippen molar-refractivity contribution >= 4 is 27.8 Å². The highest BCUT2D eigenvalue weighted by molar-refractivity contribution is 5.88. The third-order valence-corrected chi connectivity index (χ3v) is 4.14. The van der Waals surface area contributed by atoms with E-state index in [4.69, 9.17) is 4.74 Å². The Labute approximate surface area is 152 Å². The third-order valence-electron chi connectivity index (χ3n) is 4.14. The normalized spacial score (nSPS) is 11.2. The fourth-order valence-electron chi connectivity index (χ4n) is 2.99. The molecule has 0 unspecified atom stereocenters. The van der Waals surface area contributed by atoms with Gasteiger partial charge in [0.15, 0.2) is 5.65 Å². The largest absolute Gasteiger partial charge is 0.491 e. The van der Waals surface area contributed by atoms with Gasteiger partial charge in [-0.2, -0.15) is 0 Å². The van der Waals surface area contributed by atoms with Crippen LogP contribution in [0.3, 0.4) is 0 Å². The summed E-state index contributed by atoms with van der Waals surface area (Å²) >= 11 is 0. The van der Waals surface area contributed by atoms with Crippen molar-refractivity contribution < 1.29 is 4.74 Å². The van der Waals surface area contributed by atoms with E-state index < -0.39 is 0 Å². The highest BCUT2D eigenvalue weighted by Crippen LogP contribution is 2.29. The summed E-state index contributed by atoms with van der Waals surface area (Å²) in [5, 5.41) is 5.77. The van der Waals surface area contributed by atoms with Crippen LogP contribution in [0.2, 0.25) is 0 Å². The second-order valence-corrected chi connectivity index (χ2v) is 6.38. The molecule has 2 aromatic carbocycles. The maximum absolute atomic E-state index is 6.03. The van der Waals surface area contributed by atoms with Crippen LogP contribution in [0.25, 0.3) is 21.9 Å². The molecule has 0 bridgehead atoms. The monoisotopic (exact) mass is 344 g/mol. The molecule has 4 aromatic rings. The number of benzene rings is 2. The molecule has 0 saturated carbocycles. The van der Waals surface area contributed by atoms with Crippen LogP contribution in [0.1, 0.15) is 19.4 Å². The lowest BCUT2D eigenvalue weighted by Gasteiger charge is -2.17. The summed E-state index contributed by atoms with van der Waals surface area (Å²) in [5.41, 5.74) is 2.54. The van der Waals surface area contributed by atoms with Crippen molar-refractivity contribution in [1.82, 2.24) is 15.0 Å². The number of hydrogen-bond donors (Lipinski definition) is 1. The van der Waals surface area contributed by atoms with Crippen molar-refractivity contribution in [2.45, 2.75) is 26.5 Å². The Morgan fingerprint density at radius 3 is 2.69 bits per heavy atom. The van der Waals surface area contributed by atoms with Crippen molar-refractivity contribution in [3.63, 3.8) is 0 Å². The second-order valence-electron chi connectivity index (χ2n) is 6.38. The van der Waals surface area contributed by atoms with Gasteiger partial charge in [0.25, 0.3) is 0 Å². The number of pyridine rings is 1. The van der Waals surface area contributed by atoms with E-state index in [0.717, 1.165) is 22.6 Å². The van der Waals surface area contributed by atoms with Crippen LogP contribution in [0.15, 0.2) is 60.9 Å². The molecule has 0 aliphatic rings. The van der Waals surface area contributed by atoms with Crippen LogP contribution >= 0.6 is 0 Å². The van der Waals surface area contributed by atoms with Crippen LogP contribution in [-0.4, -0.2) is 21.1 Å². The molecule has 26 heavy (non-hydrogen) atoms. The van der Waals surface area contributed by atoms with Gasteiger partial charge in [-0.25, -0.2) is 9.97 Å². The average Bonchev–Trinajstić information content (AvgIpc) is 2.66. The van der Waals surface area contributed by atoms with Gasteiger partial charge in [0.2, 0.25) is 0 Å². The lowest BCUT2D eigenvalue weighted by molar-refractivity contribution is 0.240. The SMILES string of the molecule is CC(C)Oc1ccc2ccccc2c1CNc1ccc2nccnc2n1. The molecule has 5 nitrogen and oxygen atoms in total. The standard InChI is InChI=1S/C21H20N4O/c1-14(2)26-19-9-7-15-5-3-4-6-16(15)17(19)13-24-20-10-8-18-21(25-20)23-12-11-22-18/h3-12,14H,13H2,1-2H3,(H,23,24,25). The fraction of sp³-hybridized carbons (Fsp3) is 0.190. The zero-order chi connectivity index (χ0) is 17.9. The quantitative estimate of drug-likeness (QED) is 0.574. The molecule has 0 aliphatic heterocycles. The summed E-state index contributed by atoms with van der Waals surface area (Å²) in [5.74, 6) is 1.66. The number of rotatable bonds is 5. The van der Waals surface area contributed by atoms with Crippen molar-refractivity contribution in [2.75, 3.05) is 5.32 Å². The van der Waals surface area contributed by atoms with Crippen molar-refractivity contribution in [3.8, 4) is 5.75 Å². The molecule has 1 N–H and O–H groups in total. The highest BCUT2D eigenvalue weighted by atomic mass is 16.5. The van der Waals surface area contributed by atoms with Crippen LogP contribution in [0.5, 0.6) is 5.75 Å². The van der Waals surface area contributed by atoms with E-state index in [0.29, 0.717) is 12.2 Å². The molecule has 0 fully saturated rings. The van der Waals surface area contributed by atoms with Crippen LogP contribution in [0.4, 0.5) is 5.82 Å². The molecule has 0 amide bonds. The molecule has 5 heteroatoms. The molecule has 0 aliphatic carbocycles. The maximum Gasteiger partial charge on any atom is 0.180 e. The minimum atomic E-state index is 0.115. The average molecular weight is 344 g/mol. The topological polar surface area (TPSA) is 59.9 Å². The summed E-state index contributed by atoms with van der Waals surface area (Å²) in [6.07, 6.45) is 3.44. The van der Waals surface area contributed by atoms with Crippen molar-refractivity contribution in [3.05, 3.63) is 66.5 Å². The minimum absolute atomic E-state index is 0.115. The Morgan fingerprint density at radius 1 is 0.962 bits per heavy atom. The van der Waals surface area contributed by atoms with E-state index in [1.54, 1.807) is 12.4 Å². The van der Waals surface area contributed by atoms with Gasteiger partial charge in [-0.15, -0.1) is 0 Å². The first kappa shape index (κ1) is 16.3. The smallest absolute Gasteiger partial charge is 0.180 e. The Hall–Kier alpha value is -3.21. The van der Waals surface area contributed by atoms with Crippen LogP contribution in [0, 0.1) is 0 Å². The summed E-state index contributed by atoms with van der Waals surface area (Å²) < 4.78 is 6.03. The highest BCUT2D eigenvalue weighted by Gasteiger charge is 2.11. The first-order chi connectivity index (χ1) is 12.7. The number of anilines is 1. The van der Waals surface area contributed by atoms with E-state index in [9.17, 15) is 0 Å². The molecule has 0 atom stereocenters. The third kappa shape index (κ3) is 3.28. The number of aromatic nitrogens is 3. The van der Waals surface area contributed by atoms with Gasteiger partial charge in [-0.1, -0.05) is 30.3 Å². The molecule has 130 valence electrons. The Kier molecular flexibility index (Phi) is 4.35. The predicted octanol–water partition coefficient (Wildman–Crippen LogP) is 4.58. The summed E-state index contributed by atoms with van der Waals surface area (Å²) in [6.45, 7) is 4.69. The predicted molar refractivity (Wildman–Crippen MR) is 104 cm³/mol. The van der Waals surface area contributed by atoms with E-state index in [-0.39, 0.29) is 6.10 Å². The van der Waals surface area contributed by atoms with E-state index in [1.165, 1.54) is 10.8 Å². The molecular weight excluding hydrogens is 324 g/mol. The van der Waals surface area contributed by atoms with Crippen LogP contribution in [-0.2, 0) is 6.54 Å². The van der Waals surface area contributed by atoms with Gasteiger partial charge in [0.1, 0.15) is 17.1 Å². The molecule has 2 aromatic heterocycles. The summed E-state index contributed by atoms with van der Waals surface area (Å²) in [4.78, 5) is 13.1. The van der Waals surface area contributed by atoms with Gasteiger partial charge in [-0.3, -0.25) is 4.98 Å². The summed E-state index contributed by atoms with van der Waals surface area (Å²) in [7, 11) is 0. The molecule has 0 radical (unpaired) electrons. The Morgan fingerprint density at radius 2 is 1.81 bits per heavy atom. The zero-order valence-corrected chi connectivity index (χ0v) is 14.8. The van der Waals surface area contributed by atoms with Gasteiger partial charge >= 0.3 is 0 Å². The van der Waals surface area contributed by atoms with Crippen molar-refractivity contribution in [1.29, 1.82) is 0 Å². The second kappa shape index (κ2) is 6.96. The Bertz CT molecular complexity index is 1060. The summed E-state index contributed by atoms with van der Waals surface area (Å²) in [6, 6.07) is 16.3. The van der Waals surface area contributed by atoms with Gasteiger partial charge in [-0.05, 0) is 42.8 Å². The molecular formula is C21H20N4O. The number of nitrogens with zero attached hydrogens (tertiary/aromatic N) is 3. The first-order valence-electron chi connectivity index (χ1n) is 8.69. The van der Waals surface area contributed by atoms with E-state index in [2.05, 4.69) is 44.5 Å². The molecule has 4 rings (SSSR count). The first-order valence-corrected chi connectivity index (χ1v) is 8.69. The fourth-order valence-corrected chi connectivity index (χ4v) is 2.99. The molecule has 0 spiro atoms. The molecule has 0 saturated heterocycles. The van der Waals surface area contributed by atoms with Gasteiger partial charge in [0, 0.05) is 24.5 Å². The van der Waals surface area contributed by atoms with E-state index >= 15 is 0 Å². The maximum atomic E-state index is 6.03. The van der Waals surface area contributed by atoms with Gasteiger partial charge < -0.3 is 10.1 Å². The zero-order valence-electron chi connectivity index (χ0n) is 14.8. The number of ether oxygens (including phenoxy) is 1. The number of fused-ring (bicyclic) bond motifs is 2. The Balaban J connectivity index is 1.68.